The number of anilines is 1. The van der Waals surface area contributed by atoms with E-state index in [1.54, 1.807) is 27.2 Å². The Morgan fingerprint density at radius 2 is 1.97 bits per heavy atom. The zero-order valence-electron chi connectivity index (χ0n) is 19.7. The summed E-state index contributed by atoms with van der Waals surface area (Å²) in [7, 11) is 0.0100. The molecule has 34 heavy (non-hydrogen) atoms. The molecule has 3 atom stereocenters. The summed E-state index contributed by atoms with van der Waals surface area (Å²) in [6.07, 6.45) is 3.37. The summed E-state index contributed by atoms with van der Waals surface area (Å²) in [5, 5.41) is 7.29. The van der Waals surface area contributed by atoms with Crippen LogP contribution in [-0.4, -0.2) is 58.0 Å². The molecule has 0 fully saturated rings. The van der Waals surface area contributed by atoms with Crippen LogP contribution in [0.2, 0.25) is 0 Å². The maximum absolute atomic E-state index is 12.0. The standard InChI is InChI=1S/C22H31N6O5P/c1-15(2)32-20(29)12-27-34(33-17-8-6-5-7-9-17)31-13-18(30-4)10-16(3)19-11-26-28-21(19)24-14-25-22(28)23/h5-9,11,14-16,18,27H,10,12-13H2,1-4H3,(H2,23,24,25). The number of esters is 1. The Morgan fingerprint density at radius 3 is 2.68 bits per heavy atom. The Balaban J connectivity index is 1.61. The van der Waals surface area contributed by atoms with Crippen LogP contribution in [0.3, 0.4) is 0 Å². The zero-order chi connectivity index (χ0) is 24.5. The molecule has 0 saturated heterocycles. The van der Waals surface area contributed by atoms with E-state index in [4.69, 9.17) is 24.3 Å². The van der Waals surface area contributed by atoms with E-state index < -0.39 is 8.53 Å². The highest BCUT2D eigenvalue weighted by Gasteiger charge is 2.22. The molecule has 0 radical (unpaired) electrons. The number of para-hydroxylation sites is 1. The number of nitrogens with zero attached hydrogens (tertiary/aromatic N) is 4. The second kappa shape index (κ2) is 12.6. The van der Waals surface area contributed by atoms with Gasteiger partial charge in [-0.3, -0.25) is 4.79 Å². The van der Waals surface area contributed by atoms with Crippen LogP contribution in [-0.2, 0) is 18.8 Å². The summed E-state index contributed by atoms with van der Waals surface area (Å²) in [6.45, 7) is 5.87. The van der Waals surface area contributed by atoms with Crippen LogP contribution >= 0.6 is 8.53 Å². The first-order valence-corrected chi connectivity index (χ1v) is 12.1. The average Bonchev–Trinajstić information content (AvgIpc) is 3.25. The van der Waals surface area contributed by atoms with Crippen molar-refractivity contribution in [3.05, 3.63) is 48.4 Å². The highest BCUT2D eigenvalue weighted by Crippen LogP contribution is 2.36. The van der Waals surface area contributed by atoms with E-state index in [0.717, 1.165) is 5.56 Å². The number of carbonyl (C=O) groups is 1. The normalized spacial score (nSPS) is 14.1. The van der Waals surface area contributed by atoms with Crippen LogP contribution in [0.25, 0.3) is 5.65 Å². The molecule has 1 aromatic carbocycles. The minimum Gasteiger partial charge on any atom is -0.462 e. The number of rotatable bonds is 13. The zero-order valence-corrected chi connectivity index (χ0v) is 20.6. The van der Waals surface area contributed by atoms with Crippen LogP contribution < -0.4 is 15.3 Å². The van der Waals surface area contributed by atoms with E-state index in [9.17, 15) is 4.79 Å². The molecule has 12 heteroatoms. The van der Waals surface area contributed by atoms with Gasteiger partial charge in [-0.05, 0) is 38.3 Å². The van der Waals surface area contributed by atoms with Gasteiger partial charge in [0.05, 0.1) is 25.0 Å². The molecule has 0 aliphatic heterocycles. The molecule has 0 aliphatic carbocycles. The number of aromatic nitrogens is 4. The molecule has 0 aliphatic rings. The van der Waals surface area contributed by atoms with Gasteiger partial charge in [0.2, 0.25) is 5.95 Å². The fourth-order valence-electron chi connectivity index (χ4n) is 3.22. The highest BCUT2D eigenvalue weighted by molar-refractivity contribution is 7.45. The Bertz CT molecular complexity index is 1050. The van der Waals surface area contributed by atoms with Crippen molar-refractivity contribution in [3.8, 4) is 5.75 Å². The van der Waals surface area contributed by atoms with Gasteiger partial charge in [-0.2, -0.15) is 9.61 Å². The Morgan fingerprint density at radius 1 is 1.21 bits per heavy atom. The Labute approximate surface area is 199 Å². The molecule has 11 nitrogen and oxygen atoms in total. The first-order valence-electron chi connectivity index (χ1n) is 10.9. The van der Waals surface area contributed by atoms with E-state index in [-0.39, 0.29) is 43.2 Å². The number of fused-ring (bicyclic) bond motifs is 1. The number of methoxy groups -OCH3 is 1. The molecule has 3 unspecified atom stereocenters. The summed E-state index contributed by atoms with van der Waals surface area (Å²) in [5.74, 6) is 0.592. The molecule has 0 spiro atoms. The lowest BCUT2D eigenvalue weighted by Gasteiger charge is -2.23. The highest BCUT2D eigenvalue weighted by atomic mass is 31.2. The molecule has 3 N–H and O–H groups in total. The predicted molar refractivity (Wildman–Crippen MR) is 128 cm³/mol. The molecule has 0 amide bonds. The summed E-state index contributed by atoms with van der Waals surface area (Å²) in [5.41, 5.74) is 7.47. The van der Waals surface area contributed by atoms with Crippen LogP contribution in [0.5, 0.6) is 5.75 Å². The van der Waals surface area contributed by atoms with Crippen molar-refractivity contribution < 1.29 is 23.3 Å². The number of hydrogen-bond acceptors (Lipinski definition) is 10. The van der Waals surface area contributed by atoms with Gasteiger partial charge in [0, 0.05) is 12.7 Å². The minimum atomic E-state index is -1.62. The number of nitrogen functional groups attached to an aromatic ring is 1. The average molecular weight is 491 g/mol. The number of hydrogen-bond donors (Lipinski definition) is 2. The van der Waals surface area contributed by atoms with E-state index in [2.05, 4.69) is 27.1 Å². The van der Waals surface area contributed by atoms with Crippen LogP contribution in [0.1, 0.15) is 38.7 Å². The molecule has 2 heterocycles. The second-order valence-electron chi connectivity index (χ2n) is 7.89. The lowest BCUT2D eigenvalue weighted by atomic mass is 9.97. The summed E-state index contributed by atoms with van der Waals surface area (Å²) in [4.78, 5) is 20.2. The predicted octanol–water partition coefficient (Wildman–Crippen LogP) is 3.08. The van der Waals surface area contributed by atoms with Gasteiger partial charge in [-0.15, -0.1) is 0 Å². The lowest BCUT2D eigenvalue weighted by Crippen LogP contribution is -2.27. The van der Waals surface area contributed by atoms with E-state index in [1.807, 2.05) is 30.3 Å². The lowest BCUT2D eigenvalue weighted by molar-refractivity contribution is -0.145. The third-order valence-electron chi connectivity index (χ3n) is 4.87. The van der Waals surface area contributed by atoms with E-state index >= 15 is 0 Å². The second-order valence-corrected chi connectivity index (χ2v) is 9.16. The molecular weight excluding hydrogens is 459 g/mol. The third-order valence-corrected chi connectivity index (χ3v) is 6.04. The van der Waals surface area contributed by atoms with Crippen LogP contribution in [0.4, 0.5) is 5.95 Å². The van der Waals surface area contributed by atoms with Gasteiger partial charge in [0.1, 0.15) is 18.6 Å². The van der Waals surface area contributed by atoms with Crippen molar-refractivity contribution in [2.75, 3.05) is 26.0 Å². The molecule has 3 aromatic rings. The first kappa shape index (κ1) is 25.8. The quantitative estimate of drug-likeness (QED) is 0.272. The van der Waals surface area contributed by atoms with E-state index in [0.29, 0.717) is 17.8 Å². The summed E-state index contributed by atoms with van der Waals surface area (Å²) < 4.78 is 24.3. The largest absolute Gasteiger partial charge is 0.462 e. The van der Waals surface area contributed by atoms with Crippen molar-refractivity contribution in [3.63, 3.8) is 0 Å². The number of benzene rings is 1. The minimum absolute atomic E-state index is 0.0334. The Kier molecular flexibility index (Phi) is 9.52. The van der Waals surface area contributed by atoms with Crippen molar-refractivity contribution in [1.29, 1.82) is 0 Å². The van der Waals surface area contributed by atoms with Crippen molar-refractivity contribution in [2.24, 2.45) is 0 Å². The topological polar surface area (TPSA) is 135 Å². The van der Waals surface area contributed by atoms with Crippen molar-refractivity contribution in [1.82, 2.24) is 24.7 Å². The van der Waals surface area contributed by atoms with Crippen molar-refractivity contribution >= 4 is 26.1 Å². The number of nitrogens with two attached hydrogens (primary N) is 1. The van der Waals surface area contributed by atoms with Gasteiger partial charge in [0.25, 0.3) is 0 Å². The summed E-state index contributed by atoms with van der Waals surface area (Å²) in [6, 6.07) is 9.26. The third kappa shape index (κ3) is 7.33. The van der Waals surface area contributed by atoms with Crippen LogP contribution in [0.15, 0.2) is 42.9 Å². The molecule has 3 rings (SSSR count). The summed E-state index contributed by atoms with van der Waals surface area (Å²) >= 11 is 0. The smallest absolute Gasteiger partial charge is 0.320 e. The number of carbonyl (C=O) groups excluding carboxylic acids is 1. The van der Waals surface area contributed by atoms with Crippen molar-refractivity contribution in [2.45, 2.75) is 45.3 Å². The fourth-order valence-corrected chi connectivity index (χ4v) is 4.30. The SMILES string of the molecule is COC(COP(NCC(=O)OC(C)C)Oc1ccccc1)CC(C)c1cnn2c(N)ncnc12. The first-order chi connectivity index (χ1) is 16.4. The number of nitrogens with one attached hydrogen (secondary N) is 1. The van der Waals surface area contributed by atoms with Gasteiger partial charge < -0.3 is 24.3 Å². The van der Waals surface area contributed by atoms with Gasteiger partial charge in [-0.25, -0.2) is 15.1 Å². The maximum atomic E-state index is 12.0. The van der Waals surface area contributed by atoms with Gasteiger partial charge >= 0.3 is 14.5 Å². The van der Waals surface area contributed by atoms with Crippen LogP contribution in [0, 0.1) is 0 Å². The molecule has 184 valence electrons. The Hall–Kier alpha value is -2.85. The number of ether oxygens (including phenoxy) is 2. The van der Waals surface area contributed by atoms with Gasteiger partial charge in [-0.1, -0.05) is 25.1 Å². The molecule has 2 aromatic heterocycles. The molecular formula is C22H31N6O5P. The monoisotopic (exact) mass is 490 g/mol. The van der Waals surface area contributed by atoms with Gasteiger partial charge in [0.15, 0.2) is 5.65 Å². The van der Waals surface area contributed by atoms with E-state index in [1.165, 1.54) is 10.8 Å². The fraction of sp³-hybridized carbons (Fsp3) is 0.455. The molecule has 0 saturated carbocycles. The molecule has 0 bridgehead atoms. The maximum Gasteiger partial charge on any atom is 0.320 e.